The lowest BCUT2D eigenvalue weighted by Crippen LogP contribution is -2.30. The average Bonchev–Trinajstić information content (AvgIpc) is 2.62. The summed E-state index contributed by atoms with van der Waals surface area (Å²) in [7, 11) is 0. The van der Waals surface area contributed by atoms with Gasteiger partial charge in [0.1, 0.15) is 5.41 Å². The zero-order valence-electron chi connectivity index (χ0n) is 13.0. The predicted octanol–water partition coefficient (Wildman–Crippen LogP) is 3.84. The second-order valence-electron chi connectivity index (χ2n) is 5.64. The first-order valence-electron chi connectivity index (χ1n) is 7.53. The number of nitrogens with zero attached hydrogens (tertiary/aromatic N) is 3. The Morgan fingerprint density at radius 1 is 1.00 bits per heavy atom. The summed E-state index contributed by atoms with van der Waals surface area (Å²) < 4.78 is 0. The molecule has 1 aromatic heterocycles. The minimum absolute atomic E-state index is 0.562. The van der Waals surface area contributed by atoms with Crippen molar-refractivity contribution >= 4 is 0 Å². The molecule has 3 aromatic rings. The van der Waals surface area contributed by atoms with E-state index in [0.717, 1.165) is 11.1 Å². The third-order valence-electron chi connectivity index (χ3n) is 4.05. The molecule has 23 heavy (non-hydrogen) atoms. The van der Waals surface area contributed by atoms with Crippen LogP contribution in [0.2, 0.25) is 0 Å². The fourth-order valence-corrected chi connectivity index (χ4v) is 2.76. The van der Waals surface area contributed by atoms with Crippen LogP contribution in [-0.4, -0.2) is 9.97 Å². The van der Waals surface area contributed by atoms with Gasteiger partial charge in [-0.15, -0.1) is 0 Å². The summed E-state index contributed by atoms with van der Waals surface area (Å²) in [5.74, 6) is 0. The van der Waals surface area contributed by atoms with Gasteiger partial charge in [0.15, 0.2) is 0 Å². The number of aryl methyl sites for hydroxylation is 1. The van der Waals surface area contributed by atoms with E-state index in [0.29, 0.717) is 12.1 Å². The molecule has 0 fully saturated rings. The van der Waals surface area contributed by atoms with E-state index in [1.807, 2.05) is 61.5 Å². The van der Waals surface area contributed by atoms with Crippen LogP contribution >= 0.6 is 0 Å². The zero-order chi connectivity index (χ0) is 16.1. The smallest absolute Gasteiger partial charge is 0.130 e. The summed E-state index contributed by atoms with van der Waals surface area (Å²) in [6.07, 6.45) is 5.52. The van der Waals surface area contributed by atoms with Gasteiger partial charge in [0.05, 0.1) is 18.0 Å². The first-order valence-corrected chi connectivity index (χ1v) is 7.53. The largest absolute Gasteiger partial charge is 0.261 e. The van der Waals surface area contributed by atoms with Gasteiger partial charge in [-0.25, -0.2) is 0 Å². The molecule has 3 nitrogen and oxygen atoms in total. The van der Waals surface area contributed by atoms with Gasteiger partial charge in [-0.3, -0.25) is 9.97 Å². The molecule has 0 aliphatic rings. The van der Waals surface area contributed by atoms with Crippen LogP contribution in [0.25, 0.3) is 0 Å². The SMILES string of the molecule is Cc1ccc(C(C#N)(Cc2ccccc2)c2cnccn2)cc1. The van der Waals surface area contributed by atoms with Crippen LogP contribution in [0.3, 0.4) is 0 Å². The molecule has 0 saturated heterocycles. The van der Waals surface area contributed by atoms with E-state index in [1.54, 1.807) is 18.6 Å². The van der Waals surface area contributed by atoms with Crippen LogP contribution in [0.15, 0.2) is 73.2 Å². The van der Waals surface area contributed by atoms with Gasteiger partial charge in [0, 0.05) is 18.8 Å². The van der Waals surface area contributed by atoms with E-state index >= 15 is 0 Å². The standard InChI is InChI=1S/C20H17N3/c1-16-7-9-18(10-8-16)20(15-21,19-14-22-11-12-23-19)13-17-5-3-2-4-6-17/h2-12,14H,13H2,1H3. The summed E-state index contributed by atoms with van der Waals surface area (Å²) in [6, 6.07) is 20.6. The van der Waals surface area contributed by atoms with Crippen LogP contribution in [0.5, 0.6) is 0 Å². The minimum Gasteiger partial charge on any atom is -0.261 e. The number of aromatic nitrogens is 2. The van der Waals surface area contributed by atoms with Gasteiger partial charge >= 0.3 is 0 Å². The molecule has 1 atom stereocenters. The Labute approximate surface area is 136 Å². The topological polar surface area (TPSA) is 49.6 Å². The number of benzene rings is 2. The highest BCUT2D eigenvalue weighted by Gasteiger charge is 2.36. The first-order chi connectivity index (χ1) is 11.2. The molecule has 1 unspecified atom stereocenters. The van der Waals surface area contributed by atoms with Gasteiger partial charge in [-0.05, 0) is 18.1 Å². The zero-order valence-corrected chi connectivity index (χ0v) is 13.0. The molecule has 0 saturated carbocycles. The Balaban J connectivity index is 2.16. The van der Waals surface area contributed by atoms with Crippen molar-refractivity contribution in [2.75, 3.05) is 0 Å². The molecule has 0 aliphatic heterocycles. The molecular formula is C20H17N3. The maximum Gasteiger partial charge on any atom is 0.130 e. The normalized spacial score (nSPS) is 13.0. The van der Waals surface area contributed by atoms with Crippen molar-refractivity contribution in [3.63, 3.8) is 0 Å². The number of hydrogen-bond donors (Lipinski definition) is 0. The second kappa shape index (κ2) is 6.41. The van der Waals surface area contributed by atoms with E-state index in [-0.39, 0.29) is 0 Å². The monoisotopic (exact) mass is 299 g/mol. The molecular weight excluding hydrogens is 282 g/mol. The summed E-state index contributed by atoms with van der Waals surface area (Å²) in [5, 5.41) is 10.1. The molecule has 0 amide bonds. The van der Waals surface area contributed by atoms with Crippen molar-refractivity contribution in [1.82, 2.24) is 9.97 Å². The highest BCUT2D eigenvalue weighted by Crippen LogP contribution is 2.34. The Kier molecular flexibility index (Phi) is 4.16. The van der Waals surface area contributed by atoms with Crippen molar-refractivity contribution in [2.24, 2.45) is 0 Å². The molecule has 0 spiro atoms. The van der Waals surface area contributed by atoms with Gasteiger partial charge in [-0.1, -0.05) is 60.2 Å². The molecule has 2 aromatic carbocycles. The van der Waals surface area contributed by atoms with Crippen molar-refractivity contribution < 1.29 is 0 Å². The van der Waals surface area contributed by atoms with Crippen molar-refractivity contribution in [3.05, 3.63) is 95.6 Å². The molecule has 0 N–H and O–H groups in total. The Hall–Kier alpha value is -2.99. The highest BCUT2D eigenvalue weighted by molar-refractivity contribution is 5.45. The fraction of sp³-hybridized carbons (Fsp3) is 0.150. The first kappa shape index (κ1) is 14.9. The lowest BCUT2D eigenvalue weighted by atomic mass is 9.74. The van der Waals surface area contributed by atoms with Gasteiger partial charge in [0.25, 0.3) is 0 Å². The molecule has 1 heterocycles. The lowest BCUT2D eigenvalue weighted by molar-refractivity contribution is 0.626. The van der Waals surface area contributed by atoms with Crippen LogP contribution < -0.4 is 0 Å². The number of hydrogen-bond acceptors (Lipinski definition) is 3. The third-order valence-corrected chi connectivity index (χ3v) is 4.05. The van der Waals surface area contributed by atoms with Crippen LogP contribution in [0, 0.1) is 18.3 Å². The van der Waals surface area contributed by atoms with E-state index in [4.69, 9.17) is 0 Å². The van der Waals surface area contributed by atoms with Crippen molar-refractivity contribution in [2.45, 2.75) is 18.8 Å². The fourth-order valence-electron chi connectivity index (χ4n) is 2.76. The summed E-state index contributed by atoms with van der Waals surface area (Å²) >= 11 is 0. The molecule has 0 bridgehead atoms. The maximum absolute atomic E-state index is 10.1. The Morgan fingerprint density at radius 3 is 2.35 bits per heavy atom. The Bertz CT molecular complexity index is 805. The Morgan fingerprint density at radius 2 is 1.74 bits per heavy atom. The van der Waals surface area contributed by atoms with E-state index in [1.165, 1.54) is 5.56 Å². The molecule has 3 heteroatoms. The molecule has 3 rings (SSSR count). The van der Waals surface area contributed by atoms with Crippen molar-refractivity contribution in [1.29, 1.82) is 5.26 Å². The predicted molar refractivity (Wildman–Crippen MR) is 89.8 cm³/mol. The van der Waals surface area contributed by atoms with Gasteiger partial charge in [-0.2, -0.15) is 5.26 Å². The molecule has 0 aliphatic carbocycles. The molecule has 112 valence electrons. The number of nitriles is 1. The van der Waals surface area contributed by atoms with Crippen molar-refractivity contribution in [3.8, 4) is 6.07 Å². The minimum atomic E-state index is -0.844. The number of rotatable bonds is 4. The molecule has 0 radical (unpaired) electrons. The maximum atomic E-state index is 10.1. The van der Waals surface area contributed by atoms with Crippen LogP contribution in [0.1, 0.15) is 22.4 Å². The van der Waals surface area contributed by atoms with Gasteiger partial charge in [0.2, 0.25) is 0 Å². The average molecular weight is 299 g/mol. The summed E-state index contributed by atoms with van der Waals surface area (Å²) in [6.45, 7) is 2.04. The van der Waals surface area contributed by atoms with Crippen LogP contribution in [-0.2, 0) is 11.8 Å². The third kappa shape index (κ3) is 2.97. The van der Waals surface area contributed by atoms with Crippen LogP contribution in [0.4, 0.5) is 0 Å². The lowest BCUT2D eigenvalue weighted by Gasteiger charge is -2.26. The van der Waals surface area contributed by atoms with E-state index < -0.39 is 5.41 Å². The quantitative estimate of drug-likeness (QED) is 0.735. The second-order valence-corrected chi connectivity index (χ2v) is 5.64. The highest BCUT2D eigenvalue weighted by atomic mass is 14.8. The summed E-state index contributed by atoms with van der Waals surface area (Å²) in [5.41, 5.74) is 3.04. The summed E-state index contributed by atoms with van der Waals surface area (Å²) in [4.78, 5) is 8.60. The van der Waals surface area contributed by atoms with Gasteiger partial charge < -0.3 is 0 Å². The van der Waals surface area contributed by atoms with E-state index in [2.05, 4.69) is 16.0 Å². The van der Waals surface area contributed by atoms with E-state index in [9.17, 15) is 5.26 Å².